The average Bonchev–Trinajstić information content (AvgIpc) is 2.98. The molecule has 0 N–H and O–H groups in total. The zero-order valence-corrected chi connectivity index (χ0v) is 15.4. The quantitative estimate of drug-likeness (QED) is 0.558. The molecule has 1 amide bonds. The van der Waals surface area contributed by atoms with Crippen molar-refractivity contribution < 1.29 is 4.79 Å². The molecule has 4 rings (SSSR count). The molecule has 5 heteroatoms. The summed E-state index contributed by atoms with van der Waals surface area (Å²) in [4.78, 5) is 27.3. The lowest BCUT2D eigenvalue weighted by molar-refractivity contribution is -0.118. The van der Waals surface area contributed by atoms with E-state index < -0.39 is 0 Å². The number of hydrogen-bond donors (Lipinski definition) is 0. The van der Waals surface area contributed by atoms with Crippen LogP contribution in [0, 0.1) is 0 Å². The van der Waals surface area contributed by atoms with Gasteiger partial charge >= 0.3 is 5.69 Å². The first kappa shape index (κ1) is 17.1. The van der Waals surface area contributed by atoms with E-state index in [1.807, 2.05) is 73.7 Å². The summed E-state index contributed by atoms with van der Waals surface area (Å²) in [6, 6.07) is 21.5. The van der Waals surface area contributed by atoms with Crippen molar-refractivity contribution in [2.75, 3.05) is 11.9 Å². The van der Waals surface area contributed by atoms with E-state index in [1.54, 1.807) is 21.1 Å². The molecule has 0 saturated carbocycles. The van der Waals surface area contributed by atoms with Gasteiger partial charge in [0.1, 0.15) is 6.54 Å². The number of fused-ring (bicyclic) bond motifs is 2. The number of carbonyl (C=O) groups excluding carboxylic acids is 1. The molecule has 0 spiro atoms. The Balaban J connectivity index is 1.68. The fourth-order valence-electron chi connectivity index (χ4n) is 3.50. The van der Waals surface area contributed by atoms with E-state index in [4.69, 9.17) is 0 Å². The minimum absolute atomic E-state index is 0.00960. The second-order valence-corrected chi connectivity index (χ2v) is 6.59. The van der Waals surface area contributed by atoms with E-state index in [2.05, 4.69) is 0 Å². The largest absolute Gasteiger partial charge is 0.329 e. The zero-order valence-electron chi connectivity index (χ0n) is 15.4. The third kappa shape index (κ3) is 2.91. The van der Waals surface area contributed by atoms with Crippen LogP contribution in [0.1, 0.15) is 6.92 Å². The van der Waals surface area contributed by atoms with E-state index in [1.165, 1.54) is 0 Å². The van der Waals surface area contributed by atoms with Crippen LogP contribution in [0.5, 0.6) is 0 Å². The van der Waals surface area contributed by atoms with Gasteiger partial charge in [-0.1, -0.05) is 42.5 Å². The average molecular weight is 359 g/mol. The molecule has 0 fully saturated rings. The summed E-state index contributed by atoms with van der Waals surface area (Å²) in [5.41, 5.74) is 2.29. The highest BCUT2D eigenvalue weighted by Crippen LogP contribution is 2.22. The molecule has 1 heterocycles. The number of carbonyl (C=O) groups is 1. The SMILES string of the molecule is CCn1c(=O)n(CC(=O)N(C)c2ccc3ccccc3c2)c2ccccc21. The number of aryl methyl sites for hydroxylation is 1. The van der Waals surface area contributed by atoms with Crippen LogP contribution in [0.15, 0.2) is 71.5 Å². The summed E-state index contributed by atoms with van der Waals surface area (Å²) in [7, 11) is 1.75. The maximum absolute atomic E-state index is 12.9. The highest BCUT2D eigenvalue weighted by atomic mass is 16.2. The van der Waals surface area contributed by atoms with Gasteiger partial charge in [-0.25, -0.2) is 4.79 Å². The summed E-state index contributed by atoms with van der Waals surface area (Å²) in [6.45, 7) is 2.51. The fourth-order valence-corrected chi connectivity index (χ4v) is 3.50. The highest BCUT2D eigenvalue weighted by molar-refractivity contribution is 5.96. The van der Waals surface area contributed by atoms with Gasteiger partial charge in [0.25, 0.3) is 0 Å². The Morgan fingerprint density at radius 1 is 0.889 bits per heavy atom. The number of para-hydroxylation sites is 2. The van der Waals surface area contributed by atoms with Crippen molar-refractivity contribution in [1.29, 1.82) is 0 Å². The molecule has 3 aromatic carbocycles. The van der Waals surface area contributed by atoms with Gasteiger partial charge in [0.2, 0.25) is 5.91 Å². The Bertz CT molecular complexity index is 1200. The number of anilines is 1. The maximum Gasteiger partial charge on any atom is 0.329 e. The van der Waals surface area contributed by atoms with Crippen molar-refractivity contribution in [2.24, 2.45) is 0 Å². The van der Waals surface area contributed by atoms with Crippen LogP contribution in [0.25, 0.3) is 21.8 Å². The number of rotatable bonds is 4. The van der Waals surface area contributed by atoms with E-state index in [0.29, 0.717) is 6.54 Å². The summed E-state index contributed by atoms with van der Waals surface area (Å²) in [5.74, 6) is -0.133. The topological polar surface area (TPSA) is 47.2 Å². The van der Waals surface area contributed by atoms with E-state index in [9.17, 15) is 9.59 Å². The summed E-state index contributed by atoms with van der Waals surface area (Å²) in [6.07, 6.45) is 0. The zero-order chi connectivity index (χ0) is 19.0. The minimum atomic E-state index is -0.154. The lowest BCUT2D eigenvalue weighted by Crippen LogP contribution is -2.34. The molecule has 0 aliphatic heterocycles. The second-order valence-electron chi connectivity index (χ2n) is 6.59. The molecule has 5 nitrogen and oxygen atoms in total. The molecule has 27 heavy (non-hydrogen) atoms. The monoisotopic (exact) mass is 359 g/mol. The number of aromatic nitrogens is 2. The molecule has 0 bridgehead atoms. The van der Waals surface area contributed by atoms with Gasteiger partial charge in [0.05, 0.1) is 11.0 Å². The van der Waals surface area contributed by atoms with Crippen LogP contribution in [-0.2, 0) is 17.9 Å². The number of nitrogens with zero attached hydrogens (tertiary/aromatic N) is 3. The number of imidazole rings is 1. The standard InChI is InChI=1S/C22H21N3O2/c1-3-24-19-10-6-7-11-20(19)25(22(24)27)15-21(26)23(2)18-13-12-16-8-4-5-9-17(16)14-18/h4-14H,3,15H2,1-2H3. The van der Waals surface area contributed by atoms with Crippen molar-refractivity contribution in [3.63, 3.8) is 0 Å². The van der Waals surface area contributed by atoms with Crippen molar-refractivity contribution in [3.05, 3.63) is 77.2 Å². The van der Waals surface area contributed by atoms with Crippen molar-refractivity contribution in [1.82, 2.24) is 9.13 Å². The van der Waals surface area contributed by atoms with Crippen molar-refractivity contribution >= 4 is 33.4 Å². The van der Waals surface area contributed by atoms with E-state index in [0.717, 1.165) is 27.5 Å². The number of benzene rings is 3. The van der Waals surface area contributed by atoms with Crippen molar-refractivity contribution in [3.8, 4) is 0 Å². The van der Waals surface area contributed by atoms with Crippen LogP contribution < -0.4 is 10.6 Å². The molecular formula is C22H21N3O2. The molecule has 136 valence electrons. The van der Waals surface area contributed by atoms with Crippen LogP contribution in [-0.4, -0.2) is 22.1 Å². The summed E-state index contributed by atoms with van der Waals surface area (Å²) >= 11 is 0. The Labute approximate surface area is 157 Å². The summed E-state index contributed by atoms with van der Waals surface area (Å²) < 4.78 is 3.25. The molecule has 1 aromatic heterocycles. The van der Waals surface area contributed by atoms with Crippen LogP contribution in [0.3, 0.4) is 0 Å². The first-order valence-electron chi connectivity index (χ1n) is 9.03. The van der Waals surface area contributed by atoms with Gasteiger partial charge < -0.3 is 4.90 Å². The lowest BCUT2D eigenvalue weighted by Gasteiger charge is -2.18. The third-order valence-corrected chi connectivity index (χ3v) is 5.03. The molecule has 0 radical (unpaired) electrons. The lowest BCUT2D eigenvalue weighted by atomic mass is 10.1. The predicted octanol–water partition coefficient (Wildman–Crippen LogP) is 3.64. The minimum Gasteiger partial charge on any atom is -0.314 e. The van der Waals surface area contributed by atoms with Crippen LogP contribution in [0.2, 0.25) is 0 Å². The molecule has 0 aliphatic rings. The second kappa shape index (κ2) is 6.76. The van der Waals surface area contributed by atoms with Gasteiger partial charge in [-0.2, -0.15) is 0 Å². The number of hydrogen-bond acceptors (Lipinski definition) is 2. The van der Waals surface area contributed by atoms with Gasteiger partial charge in [0.15, 0.2) is 0 Å². The fraction of sp³-hybridized carbons (Fsp3) is 0.182. The molecule has 4 aromatic rings. The first-order valence-corrected chi connectivity index (χ1v) is 9.03. The Kier molecular flexibility index (Phi) is 4.28. The van der Waals surface area contributed by atoms with E-state index >= 15 is 0 Å². The molecule has 0 atom stereocenters. The van der Waals surface area contributed by atoms with Gasteiger partial charge in [-0.15, -0.1) is 0 Å². The van der Waals surface area contributed by atoms with Crippen LogP contribution in [0.4, 0.5) is 5.69 Å². The third-order valence-electron chi connectivity index (χ3n) is 5.03. The Morgan fingerprint density at radius 2 is 1.52 bits per heavy atom. The van der Waals surface area contributed by atoms with Gasteiger partial charge in [-0.05, 0) is 42.0 Å². The molecule has 0 saturated heterocycles. The first-order chi connectivity index (χ1) is 13.1. The van der Waals surface area contributed by atoms with Crippen molar-refractivity contribution in [2.45, 2.75) is 20.0 Å². The Morgan fingerprint density at radius 3 is 2.22 bits per heavy atom. The Hall–Kier alpha value is -3.34. The van der Waals surface area contributed by atoms with E-state index in [-0.39, 0.29) is 18.1 Å². The predicted molar refractivity (Wildman–Crippen MR) is 109 cm³/mol. The number of likely N-dealkylation sites (N-methyl/N-ethyl adjacent to an activating group) is 1. The normalized spacial score (nSPS) is 11.2. The molecule has 0 unspecified atom stereocenters. The van der Waals surface area contributed by atoms with Gasteiger partial charge in [-0.3, -0.25) is 13.9 Å². The smallest absolute Gasteiger partial charge is 0.314 e. The molecule has 0 aliphatic carbocycles. The highest BCUT2D eigenvalue weighted by Gasteiger charge is 2.17. The maximum atomic E-state index is 12.9. The molecular weight excluding hydrogens is 338 g/mol. The van der Waals surface area contributed by atoms with Crippen LogP contribution >= 0.6 is 0 Å². The number of amides is 1. The summed E-state index contributed by atoms with van der Waals surface area (Å²) in [5, 5.41) is 2.21. The van der Waals surface area contributed by atoms with Gasteiger partial charge in [0, 0.05) is 19.3 Å².